The SMILES string of the molecule is C=CC(=O)Oc1cccnc1CCCCCCCCCCCC. The summed E-state index contributed by atoms with van der Waals surface area (Å²) in [4.78, 5) is 15.6. The summed E-state index contributed by atoms with van der Waals surface area (Å²) in [5.74, 6) is 0.135. The molecule has 1 heterocycles. The summed E-state index contributed by atoms with van der Waals surface area (Å²) in [6.45, 7) is 5.67. The Balaban J connectivity index is 2.14. The second-order valence-corrected chi connectivity index (χ2v) is 6.01. The fourth-order valence-corrected chi connectivity index (χ4v) is 2.63. The maximum absolute atomic E-state index is 11.3. The minimum atomic E-state index is -0.428. The number of unbranched alkanes of at least 4 members (excludes halogenated alkanes) is 9. The largest absolute Gasteiger partial charge is 0.421 e. The molecule has 3 heteroatoms. The number of aryl methyl sites for hydroxylation is 1. The average Bonchev–Trinajstić information content (AvgIpc) is 2.57. The monoisotopic (exact) mass is 317 g/mol. The fourth-order valence-electron chi connectivity index (χ4n) is 2.63. The van der Waals surface area contributed by atoms with Crippen molar-refractivity contribution in [3.8, 4) is 5.75 Å². The number of esters is 1. The lowest BCUT2D eigenvalue weighted by Crippen LogP contribution is -2.06. The summed E-state index contributed by atoms with van der Waals surface area (Å²) in [7, 11) is 0. The Bertz CT molecular complexity index is 457. The van der Waals surface area contributed by atoms with Gasteiger partial charge in [-0.05, 0) is 25.0 Å². The molecule has 0 bridgehead atoms. The van der Waals surface area contributed by atoms with Crippen LogP contribution < -0.4 is 4.74 Å². The van der Waals surface area contributed by atoms with Gasteiger partial charge in [-0.2, -0.15) is 0 Å². The number of nitrogens with zero attached hydrogens (tertiary/aromatic N) is 1. The third kappa shape index (κ3) is 9.17. The average molecular weight is 317 g/mol. The molecular weight excluding hydrogens is 286 g/mol. The Morgan fingerprint density at radius 1 is 1.09 bits per heavy atom. The van der Waals surface area contributed by atoms with E-state index in [4.69, 9.17) is 4.74 Å². The number of ether oxygens (including phenoxy) is 1. The fraction of sp³-hybridized carbons (Fsp3) is 0.600. The Hall–Kier alpha value is -1.64. The maximum atomic E-state index is 11.3. The van der Waals surface area contributed by atoms with E-state index in [0.717, 1.165) is 18.5 Å². The van der Waals surface area contributed by atoms with Gasteiger partial charge in [0.05, 0.1) is 5.69 Å². The van der Waals surface area contributed by atoms with Crippen LogP contribution in [0, 0.1) is 0 Å². The molecular formula is C20H31NO2. The molecule has 0 aliphatic carbocycles. The quantitative estimate of drug-likeness (QED) is 0.268. The van der Waals surface area contributed by atoms with Crippen LogP contribution in [0.1, 0.15) is 76.8 Å². The number of carbonyl (C=O) groups excluding carboxylic acids is 1. The van der Waals surface area contributed by atoms with Crippen LogP contribution >= 0.6 is 0 Å². The van der Waals surface area contributed by atoms with Gasteiger partial charge < -0.3 is 4.74 Å². The van der Waals surface area contributed by atoms with Crippen molar-refractivity contribution < 1.29 is 9.53 Å². The first-order valence-electron chi connectivity index (χ1n) is 9.06. The van der Waals surface area contributed by atoms with Crippen LogP contribution in [0.25, 0.3) is 0 Å². The van der Waals surface area contributed by atoms with Crippen molar-refractivity contribution in [1.82, 2.24) is 4.98 Å². The minimum Gasteiger partial charge on any atom is -0.421 e. The molecule has 1 aromatic heterocycles. The van der Waals surface area contributed by atoms with Crippen molar-refractivity contribution in [1.29, 1.82) is 0 Å². The van der Waals surface area contributed by atoms with Crippen molar-refractivity contribution in [2.45, 2.75) is 77.6 Å². The Kier molecular flexibility index (Phi) is 10.9. The van der Waals surface area contributed by atoms with E-state index in [1.165, 1.54) is 63.9 Å². The van der Waals surface area contributed by atoms with E-state index in [-0.39, 0.29) is 0 Å². The van der Waals surface area contributed by atoms with Crippen LogP contribution in [0.15, 0.2) is 31.0 Å². The predicted molar refractivity (Wildman–Crippen MR) is 95.6 cm³/mol. The van der Waals surface area contributed by atoms with Gasteiger partial charge >= 0.3 is 5.97 Å². The first kappa shape index (κ1) is 19.4. The number of hydrogen-bond acceptors (Lipinski definition) is 3. The van der Waals surface area contributed by atoms with Crippen LogP contribution in [0.3, 0.4) is 0 Å². The highest BCUT2D eigenvalue weighted by atomic mass is 16.5. The summed E-state index contributed by atoms with van der Waals surface area (Å²) in [6.07, 6.45) is 16.9. The van der Waals surface area contributed by atoms with E-state index in [2.05, 4.69) is 18.5 Å². The summed E-state index contributed by atoms with van der Waals surface area (Å²) >= 11 is 0. The van der Waals surface area contributed by atoms with Gasteiger partial charge in [0, 0.05) is 12.3 Å². The Labute approximate surface area is 141 Å². The molecule has 0 radical (unpaired) electrons. The van der Waals surface area contributed by atoms with Gasteiger partial charge in [-0.3, -0.25) is 4.98 Å². The molecule has 0 amide bonds. The molecule has 0 fully saturated rings. The van der Waals surface area contributed by atoms with Gasteiger partial charge in [0.2, 0.25) is 0 Å². The number of aromatic nitrogens is 1. The van der Waals surface area contributed by atoms with Gasteiger partial charge in [0.1, 0.15) is 0 Å². The molecule has 3 nitrogen and oxygen atoms in total. The molecule has 0 atom stereocenters. The molecule has 0 unspecified atom stereocenters. The second-order valence-electron chi connectivity index (χ2n) is 6.01. The zero-order chi connectivity index (χ0) is 16.8. The van der Waals surface area contributed by atoms with Gasteiger partial charge in [0.15, 0.2) is 5.75 Å². The van der Waals surface area contributed by atoms with Gasteiger partial charge in [-0.25, -0.2) is 4.79 Å². The summed E-state index contributed by atoms with van der Waals surface area (Å²) in [5.41, 5.74) is 0.863. The Morgan fingerprint density at radius 2 is 1.70 bits per heavy atom. The summed E-state index contributed by atoms with van der Waals surface area (Å²) < 4.78 is 5.22. The van der Waals surface area contributed by atoms with E-state index >= 15 is 0 Å². The van der Waals surface area contributed by atoms with Crippen molar-refractivity contribution >= 4 is 5.97 Å². The highest BCUT2D eigenvalue weighted by Gasteiger charge is 2.07. The lowest BCUT2D eigenvalue weighted by molar-refractivity contribution is -0.129. The molecule has 0 aliphatic heterocycles. The third-order valence-electron chi connectivity index (χ3n) is 3.99. The molecule has 0 aliphatic rings. The predicted octanol–water partition coefficient (Wildman–Crippen LogP) is 5.64. The smallest absolute Gasteiger partial charge is 0.335 e. The number of carbonyl (C=O) groups is 1. The molecule has 0 saturated heterocycles. The van der Waals surface area contributed by atoms with Crippen LogP contribution in [-0.2, 0) is 11.2 Å². The second kappa shape index (κ2) is 12.9. The normalized spacial score (nSPS) is 10.5. The molecule has 1 rings (SSSR count). The van der Waals surface area contributed by atoms with Crippen molar-refractivity contribution in [2.75, 3.05) is 0 Å². The first-order chi connectivity index (χ1) is 11.3. The molecule has 0 saturated carbocycles. The van der Waals surface area contributed by atoms with Crippen LogP contribution in [0.5, 0.6) is 5.75 Å². The molecule has 0 spiro atoms. The van der Waals surface area contributed by atoms with E-state index in [9.17, 15) is 4.79 Å². The molecule has 0 N–H and O–H groups in total. The zero-order valence-electron chi connectivity index (χ0n) is 14.6. The van der Waals surface area contributed by atoms with Gasteiger partial charge in [0.25, 0.3) is 0 Å². The van der Waals surface area contributed by atoms with Crippen molar-refractivity contribution in [3.63, 3.8) is 0 Å². The topological polar surface area (TPSA) is 39.2 Å². The summed E-state index contributed by atoms with van der Waals surface area (Å²) in [5, 5.41) is 0. The van der Waals surface area contributed by atoms with Gasteiger partial charge in [-0.1, -0.05) is 71.3 Å². The third-order valence-corrected chi connectivity index (χ3v) is 3.99. The van der Waals surface area contributed by atoms with Crippen molar-refractivity contribution in [3.05, 3.63) is 36.7 Å². The molecule has 128 valence electrons. The molecule has 0 aromatic carbocycles. The van der Waals surface area contributed by atoms with E-state index < -0.39 is 5.97 Å². The van der Waals surface area contributed by atoms with Gasteiger partial charge in [-0.15, -0.1) is 0 Å². The van der Waals surface area contributed by atoms with E-state index in [0.29, 0.717) is 5.75 Å². The van der Waals surface area contributed by atoms with Crippen molar-refractivity contribution in [2.24, 2.45) is 0 Å². The number of rotatable bonds is 13. The molecule has 1 aromatic rings. The maximum Gasteiger partial charge on any atom is 0.335 e. The summed E-state index contributed by atoms with van der Waals surface area (Å²) in [6, 6.07) is 3.58. The molecule has 23 heavy (non-hydrogen) atoms. The van der Waals surface area contributed by atoms with Crippen LogP contribution in [0.4, 0.5) is 0 Å². The standard InChI is InChI=1S/C20H31NO2/c1-3-5-6-7-8-9-10-11-12-13-15-18-19(16-14-17-21-18)23-20(22)4-2/h4,14,16-17H,2-3,5-13,15H2,1H3. The highest BCUT2D eigenvalue weighted by molar-refractivity contribution is 5.83. The van der Waals surface area contributed by atoms with Crippen LogP contribution in [0.2, 0.25) is 0 Å². The van der Waals surface area contributed by atoms with E-state index in [1.807, 2.05) is 0 Å². The lowest BCUT2D eigenvalue weighted by Gasteiger charge is -2.07. The number of hydrogen-bond donors (Lipinski definition) is 0. The first-order valence-corrected chi connectivity index (χ1v) is 9.06. The highest BCUT2D eigenvalue weighted by Crippen LogP contribution is 2.19. The zero-order valence-corrected chi connectivity index (χ0v) is 14.6. The lowest BCUT2D eigenvalue weighted by atomic mass is 10.0. The van der Waals surface area contributed by atoms with Crippen LogP contribution in [-0.4, -0.2) is 11.0 Å². The number of pyridine rings is 1. The van der Waals surface area contributed by atoms with E-state index in [1.54, 1.807) is 18.3 Å². The Morgan fingerprint density at radius 3 is 2.30 bits per heavy atom. The minimum absolute atomic E-state index is 0.428.